The molecule has 31 heavy (non-hydrogen) atoms. The summed E-state index contributed by atoms with van der Waals surface area (Å²) in [6.07, 6.45) is 9.34. The highest BCUT2D eigenvalue weighted by Gasteiger charge is 2.51. The lowest BCUT2D eigenvalue weighted by Crippen LogP contribution is -2.59. The first-order valence-corrected chi connectivity index (χ1v) is 11.4. The van der Waals surface area contributed by atoms with E-state index >= 15 is 0 Å². The molecule has 162 valence electrons. The predicted octanol–water partition coefficient (Wildman–Crippen LogP) is 5.22. The molecule has 1 amide bonds. The van der Waals surface area contributed by atoms with Gasteiger partial charge in [-0.3, -0.25) is 4.79 Å². The van der Waals surface area contributed by atoms with Crippen LogP contribution in [-0.2, 0) is 4.79 Å². The van der Waals surface area contributed by atoms with E-state index < -0.39 is 0 Å². The van der Waals surface area contributed by atoms with Gasteiger partial charge in [-0.05, 0) is 97.2 Å². The number of carbonyl (C=O) groups is 1. The van der Waals surface area contributed by atoms with Crippen LogP contribution >= 0.6 is 0 Å². The van der Waals surface area contributed by atoms with Gasteiger partial charge in [0.05, 0.1) is 14.2 Å². The van der Waals surface area contributed by atoms with Crippen LogP contribution in [0.3, 0.4) is 0 Å². The topological polar surface area (TPSA) is 47.6 Å². The van der Waals surface area contributed by atoms with Gasteiger partial charge in [-0.25, -0.2) is 0 Å². The summed E-state index contributed by atoms with van der Waals surface area (Å²) in [5, 5.41) is 3.47. The van der Waals surface area contributed by atoms with Crippen LogP contribution in [0.2, 0.25) is 0 Å². The lowest BCUT2D eigenvalue weighted by molar-refractivity contribution is -0.122. The Morgan fingerprint density at radius 2 is 1.23 bits per heavy atom. The molecule has 4 bridgehead atoms. The van der Waals surface area contributed by atoms with Gasteiger partial charge in [-0.1, -0.05) is 24.3 Å². The number of carbonyl (C=O) groups excluding carboxylic acids is 1. The van der Waals surface area contributed by atoms with Crippen LogP contribution < -0.4 is 14.8 Å². The van der Waals surface area contributed by atoms with E-state index in [4.69, 9.17) is 9.47 Å². The maximum atomic E-state index is 13.3. The van der Waals surface area contributed by atoms with Gasteiger partial charge in [0.25, 0.3) is 0 Å². The molecule has 0 atom stereocenters. The minimum absolute atomic E-state index is 0.00720. The van der Waals surface area contributed by atoms with E-state index in [0.29, 0.717) is 0 Å². The second-order valence-corrected chi connectivity index (χ2v) is 9.70. The minimum atomic E-state index is 0.00720. The standard InChI is InChI=1S/C27H31NO3/c1-30-23-7-3-21(4-8-23)25(22-5-9-24(31-2)10-6-22)14-26(29)28-27-15-18-11-19(16-27)13-20(12-18)17-27/h3-10,14,18-20H,11-13,15-17H2,1-2H3,(H,28,29). The van der Waals surface area contributed by atoms with Gasteiger partial charge < -0.3 is 14.8 Å². The normalized spacial score (nSPS) is 28.1. The summed E-state index contributed by atoms with van der Waals surface area (Å²) in [6, 6.07) is 15.8. The van der Waals surface area contributed by atoms with Gasteiger partial charge in [-0.15, -0.1) is 0 Å². The number of ether oxygens (including phenoxy) is 2. The second kappa shape index (κ2) is 8.07. The Hall–Kier alpha value is -2.75. The van der Waals surface area contributed by atoms with Crippen molar-refractivity contribution in [1.29, 1.82) is 0 Å². The molecule has 0 heterocycles. The van der Waals surface area contributed by atoms with Gasteiger partial charge in [0, 0.05) is 11.6 Å². The highest BCUT2D eigenvalue weighted by atomic mass is 16.5. The van der Waals surface area contributed by atoms with Crippen molar-refractivity contribution in [3.63, 3.8) is 0 Å². The Bertz CT molecular complexity index is 890. The van der Waals surface area contributed by atoms with Crippen molar-refractivity contribution in [1.82, 2.24) is 5.32 Å². The van der Waals surface area contributed by atoms with E-state index in [-0.39, 0.29) is 11.4 Å². The first-order chi connectivity index (χ1) is 15.1. The monoisotopic (exact) mass is 417 g/mol. The molecule has 4 aliphatic carbocycles. The van der Waals surface area contributed by atoms with Crippen molar-refractivity contribution >= 4 is 11.5 Å². The van der Waals surface area contributed by atoms with E-state index in [0.717, 1.165) is 65.2 Å². The van der Waals surface area contributed by atoms with E-state index in [1.807, 2.05) is 48.5 Å². The largest absolute Gasteiger partial charge is 0.497 e. The van der Waals surface area contributed by atoms with Crippen LogP contribution in [0.4, 0.5) is 0 Å². The first-order valence-electron chi connectivity index (χ1n) is 11.4. The zero-order chi connectivity index (χ0) is 21.4. The molecule has 0 radical (unpaired) electrons. The fraction of sp³-hybridized carbons (Fsp3) is 0.444. The molecule has 0 saturated heterocycles. The number of hydrogen-bond donors (Lipinski definition) is 1. The molecule has 0 unspecified atom stereocenters. The Morgan fingerprint density at radius 3 is 1.61 bits per heavy atom. The zero-order valence-electron chi connectivity index (χ0n) is 18.4. The summed E-state index contributed by atoms with van der Waals surface area (Å²) in [6.45, 7) is 0. The fourth-order valence-electron chi connectivity index (χ4n) is 6.57. The molecular formula is C27H31NO3. The number of amides is 1. The number of rotatable bonds is 6. The summed E-state index contributed by atoms with van der Waals surface area (Å²) in [5.41, 5.74) is 2.90. The third-order valence-corrected chi connectivity index (χ3v) is 7.50. The minimum Gasteiger partial charge on any atom is -0.497 e. The second-order valence-electron chi connectivity index (χ2n) is 9.70. The highest BCUT2D eigenvalue weighted by Crippen LogP contribution is 2.55. The van der Waals surface area contributed by atoms with Crippen molar-refractivity contribution < 1.29 is 14.3 Å². The zero-order valence-corrected chi connectivity index (χ0v) is 18.4. The maximum Gasteiger partial charge on any atom is 0.245 e. The molecule has 4 saturated carbocycles. The number of nitrogens with one attached hydrogen (secondary N) is 1. The number of methoxy groups -OCH3 is 2. The molecule has 2 aromatic carbocycles. The molecule has 6 rings (SSSR count). The van der Waals surface area contributed by atoms with Gasteiger partial charge >= 0.3 is 0 Å². The molecule has 4 fully saturated rings. The molecule has 4 aliphatic rings. The molecule has 0 aliphatic heterocycles. The Morgan fingerprint density at radius 1 is 0.806 bits per heavy atom. The van der Waals surface area contributed by atoms with Crippen LogP contribution in [0.5, 0.6) is 11.5 Å². The van der Waals surface area contributed by atoms with E-state index in [1.165, 1.54) is 19.3 Å². The molecule has 0 spiro atoms. The van der Waals surface area contributed by atoms with Gasteiger partial charge in [0.1, 0.15) is 11.5 Å². The molecule has 0 aromatic heterocycles. The van der Waals surface area contributed by atoms with Crippen molar-refractivity contribution in [2.45, 2.75) is 44.1 Å². The highest BCUT2D eigenvalue weighted by molar-refractivity contribution is 5.99. The van der Waals surface area contributed by atoms with Crippen LogP contribution in [0.25, 0.3) is 5.57 Å². The lowest BCUT2D eigenvalue weighted by atomic mass is 9.53. The summed E-state index contributed by atoms with van der Waals surface area (Å²) in [7, 11) is 3.32. The van der Waals surface area contributed by atoms with Crippen LogP contribution in [0.1, 0.15) is 49.7 Å². The van der Waals surface area contributed by atoms with Crippen molar-refractivity contribution in [2.75, 3.05) is 14.2 Å². The fourth-order valence-corrected chi connectivity index (χ4v) is 6.57. The molecular weight excluding hydrogens is 386 g/mol. The Kier molecular flexibility index (Phi) is 5.25. The van der Waals surface area contributed by atoms with E-state index in [2.05, 4.69) is 5.32 Å². The lowest BCUT2D eigenvalue weighted by Gasteiger charge is -2.56. The molecule has 4 heteroatoms. The van der Waals surface area contributed by atoms with Crippen molar-refractivity contribution in [2.24, 2.45) is 17.8 Å². The molecule has 1 N–H and O–H groups in total. The predicted molar refractivity (Wildman–Crippen MR) is 122 cm³/mol. The smallest absolute Gasteiger partial charge is 0.245 e. The molecule has 2 aromatic rings. The maximum absolute atomic E-state index is 13.3. The third-order valence-electron chi connectivity index (χ3n) is 7.50. The summed E-state index contributed by atoms with van der Waals surface area (Å²) >= 11 is 0. The summed E-state index contributed by atoms with van der Waals surface area (Å²) < 4.78 is 10.6. The van der Waals surface area contributed by atoms with Crippen LogP contribution in [0, 0.1) is 17.8 Å². The Balaban J connectivity index is 1.44. The SMILES string of the molecule is COc1ccc(C(=CC(=O)NC23CC4CC(CC(C4)C2)C3)c2ccc(OC)cc2)cc1. The van der Waals surface area contributed by atoms with Crippen molar-refractivity contribution in [3.8, 4) is 11.5 Å². The van der Waals surface area contributed by atoms with Crippen molar-refractivity contribution in [3.05, 3.63) is 65.7 Å². The first kappa shape index (κ1) is 20.2. The average molecular weight is 418 g/mol. The Labute approximate surface area is 184 Å². The third kappa shape index (κ3) is 4.08. The van der Waals surface area contributed by atoms with Crippen LogP contribution in [0.15, 0.2) is 54.6 Å². The van der Waals surface area contributed by atoms with E-state index in [1.54, 1.807) is 20.3 Å². The quantitative estimate of drug-likeness (QED) is 0.656. The van der Waals surface area contributed by atoms with E-state index in [9.17, 15) is 4.79 Å². The summed E-state index contributed by atoms with van der Waals surface area (Å²) in [5.74, 6) is 4.03. The van der Waals surface area contributed by atoms with Crippen LogP contribution in [-0.4, -0.2) is 25.7 Å². The van der Waals surface area contributed by atoms with Gasteiger partial charge in [-0.2, -0.15) is 0 Å². The molecule has 4 nitrogen and oxygen atoms in total. The van der Waals surface area contributed by atoms with Gasteiger partial charge in [0.15, 0.2) is 0 Å². The average Bonchev–Trinajstić information content (AvgIpc) is 2.76. The summed E-state index contributed by atoms with van der Waals surface area (Å²) in [4.78, 5) is 13.3. The van der Waals surface area contributed by atoms with Gasteiger partial charge in [0.2, 0.25) is 5.91 Å². The number of hydrogen-bond acceptors (Lipinski definition) is 3. The number of benzene rings is 2.